The van der Waals surface area contributed by atoms with Crippen molar-refractivity contribution in [2.45, 2.75) is 50.4 Å². The summed E-state index contributed by atoms with van der Waals surface area (Å²) in [7, 11) is 0. The summed E-state index contributed by atoms with van der Waals surface area (Å²) in [6.07, 6.45) is 6.98. The standard InChI is InChI=1S/C27H32N4OS/c32-25(20-24(21-10-4-1-5-11-21)22-12-6-2-7-13-22)30-16-18-31(19-17-30)27-29-28-26(33-27)23-14-8-3-9-15-23/h1-2,4-7,10-13,23-24H,3,8-9,14-20H2. The van der Waals surface area contributed by atoms with Crippen molar-refractivity contribution in [3.63, 3.8) is 0 Å². The number of anilines is 1. The van der Waals surface area contributed by atoms with E-state index in [9.17, 15) is 4.79 Å². The van der Waals surface area contributed by atoms with Gasteiger partial charge in [-0.2, -0.15) is 0 Å². The van der Waals surface area contributed by atoms with Gasteiger partial charge in [0, 0.05) is 44.4 Å². The molecule has 2 aromatic carbocycles. The van der Waals surface area contributed by atoms with Gasteiger partial charge in [0.1, 0.15) is 5.01 Å². The number of hydrogen-bond acceptors (Lipinski definition) is 5. The van der Waals surface area contributed by atoms with Crippen molar-refractivity contribution in [3.8, 4) is 0 Å². The summed E-state index contributed by atoms with van der Waals surface area (Å²) in [5.74, 6) is 0.910. The maximum Gasteiger partial charge on any atom is 0.223 e. The van der Waals surface area contributed by atoms with Crippen molar-refractivity contribution in [1.29, 1.82) is 0 Å². The quantitative estimate of drug-likeness (QED) is 0.490. The number of piperazine rings is 1. The van der Waals surface area contributed by atoms with Gasteiger partial charge in [0.25, 0.3) is 0 Å². The molecule has 0 bridgehead atoms. The van der Waals surface area contributed by atoms with Crippen LogP contribution in [0.25, 0.3) is 0 Å². The minimum atomic E-state index is 0.0825. The molecule has 2 heterocycles. The zero-order valence-electron chi connectivity index (χ0n) is 19.1. The zero-order valence-corrected chi connectivity index (χ0v) is 19.9. The first-order valence-electron chi connectivity index (χ1n) is 12.2. The molecule has 5 nitrogen and oxygen atoms in total. The monoisotopic (exact) mass is 460 g/mol. The van der Waals surface area contributed by atoms with Crippen LogP contribution in [-0.2, 0) is 4.79 Å². The van der Waals surface area contributed by atoms with E-state index in [1.807, 2.05) is 17.0 Å². The zero-order chi connectivity index (χ0) is 22.5. The summed E-state index contributed by atoms with van der Waals surface area (Å²) in [5, 5.41) is 11.3. The van der Waals surface area contributed by atoms with E-state index < -0.39 is 0 Å². The molecule has 172 valence electrons. The Morgan fingerprint density at radius 1 is 0.848 bits per heavy atom. The fourth-order valence-electron chi connectivity index (χ4n) is 5.12. The lowest BCUT2D eigenvalue weighted by Gasteiger charge is -2.35. The number of aromatic nitrogens is 2. The summed E-state index contributed by atoms with van der Waals surface area (Å²) < 4.78 is 0. The molecule has 5 rings (SSSR count). The largest absolute Gasteiger partial charge is 0.343 e. The van der Waals surface area contributed by atoms with Gasteiger partial charge in [-0.3, -0.25) is 4.79 Å². The molecule has 3 aromatic rings. The van der Waals surface area contributed by atoms with Crippen molar-refractivity contribution in [2.24, 2.45) is 0 Å². The normalized spacial score (nSPS) is 17.5. The average Bonchev–Trinajstić information content (AvgIpc) is 3.39. The molecule has 0 atom stereocenters. The van der Waals surface area contributed by atoms with E-state index in [1.54, 1.807) is 11.3 Å². The molecule has 1 aromatic heterocycles. The average molecular weight is 461 g/mol. The summed E-state index contributed by atoms with van der Waals surface area (Å²) in [6.45, 7) is 3.14. The van der Waals surface area contributed by atoms with Gasteiger partial charge in [-0.1, -0.05) is 91.3 Å². The Labute approximate surface area is 200 Å². The van der Waals surface area contributed by atoms with Crippen LogP contribution in [0.3, 0.4) is 0 Å². The van der Waals surface area contributed by atoms with Crippen molar-refractivity contribution < 1.29 is 4.79 Å². The predicted molar refractivity (Wildman–Crippen MR) is 134 cm³/mol. The van der Waals surface area contributed by atoms with Crippen LogP contribution in [0.5, 0.6) is 0 Å². The van der Waals surface area contributed by atoms with Gasteiger partial charge in [0.2, 0.25) is 11.0 Å². The van der Waals surface area contributed by atoms with Crippen molar-refractivity contribution >= 4 is 22.4 Å². The summed E-state index contributed by atoms with van der Waals surface area (Å²) in [6, 6.07) is 20.8. The summed E-state index contributed by atoms with van der Waals surface area (Å²) >= 11 is 1.76. The van der Waals surface area contributed by atoms with Crippen LogP contribution in [0.15, 0.2) is 60.7 Å². The van der Waals surface area contributed by atoms with E-state index in [0.717, 1.165) is 31.3 Å². The van der Waals surface area contributed by atoms with Crippen molar-refractivity contribution in [1.82, 2.24) is 15.1 Å². The van der Waals surface area contributed by atoms with Crippen molar-refractivity contribution in [3.05, 3.63) is 76.8 Å². The number of carbonyl (C=O) groups excluding carboxylic acids is 1. The number of benzene rings is 2. The molecule has 0 N–H and O–H groups in total. The van der Waals surface area contributed by atoms with Gasteiger partial charge in [-0.15, -0.1) is 10.2 Å². The lowest BCUT2D eigenvalue weighted by atomic mass is 9.88. The Balaban J connectivity index is 1.21. The molecule has 1 saturated heterocycles. The highest BCUT2D eigenvalue weighted by Crippen LogP contribution is 2.36. The third kappa shape index (κ3) is 5.27. The van der Waals surface area contributed by atoms with Crippen LogP contribution in [-0.4, -0.2) is 47.2 Å². The van der Waals surface area contributed by atoms with E-state index in [2.05, 4.69) is 63.6 Å². The van der Waals surface area contributed by atoms with E-state index in [0.29, 0.717) is 12.3 Å². The van der Waals surface area contributed by atoms with Crippen LogP contribution in [0.1, 0.15) is 66.5 Å². The first-order chi connectivity index (χ1) is 16.3. The number of rotatable bonds is 6. The first-order valence-corrected chi connectivity index (χ1v) is 13.1. The highest BCUT2D eigenvalue weighted by molar-refractivity contribution is 7.15. The Morgan fingerprint density at radius 2 is 1.45 bits per heavy atom. The predicted octanol–water partition coefficient (Wildman–Crippen LogP) is 5.46. The van der Waals surface area contributed by atoms with Crippen molar-refractivity contribution in [2.75, 3.05) is 31.1 Å². The molecule has 33 heavy (non-hydrogen) atoms. The van der Waals surface area contributed by atoms with Crippen LogP contribution >= 0.6 is 11.3 Å². The van der Waals surface area contributed by atoms with Crippen LogP contribution in [0.4, 0.5) is 5.13 Å². The third-order valence-corrected chi connectivity index (χ3v) is 8.22. The highest BCUT2D eigenvalue weighted by Gasteiger charge is 2.27. The summed E-state index contributed by atoms with van der Waals surface area (Å²) in [5.41, 5.74) is 2.39. The molecule has 0 spiro atoms. The minimum Gasteiger partial charge on any atom is -0.343 e. The third-order valence-electron chi connectivity index (χ3n) is 7.07. The number of nitrogens with zero attached hydrogens (tertiary/aromatic N) is 4. The molecule has 1 amide bonds. The first kappa shape index (κ1) is 22.1. The molecule has 1 aliphatic heterocycles. The Kier molecular flexibility index (Phi) is 7.01. The van der Waals surface area contributed by atoms with Gasteiger partial charge in [-0.25, -0.2) is 0 Å². The fourth-order valence-corrected chi connectivity index (χ4v) is 6.18. The SMILES string of the molecule is O=C(CC(c1ccccc1)c1ccccc1)N1CCN(c2nnc(C3CCCCC3)s2)CC1. The van der Waals surface area contributed by atoms with E-state index in [1.165, 1.54) is 48.2 Å². The van der Waals surface area contributed by atoms with Crippen LogP contribution in [0, 0.1) is 0 Å². The lowest BCUT2D eigenvalue weighted by molar-refractivity contribution is -0.131. The second-order valence-electron chi connectivity index (χ2n) is 9.20. The molecule has 1 aliphatic carbocycles. The minimum absolute atomic E-state index is 0.0825. The Bertz CT molecular complexity index is 985. The number of hydrogen-bond donors (Lipinski definition) is 0. The molecular formula is C27H32N4OS. The van der Waals surface area contributed by atoms with Crippen LogP contribution < -0.4 is 4.90 Å². The Hall–Kier alpha value is -2.73. The fraction of sp³-hybridized carbons (Fsp3) is 0.444. The Morgan fingerprint density at radius 3 is 2.06 bits per heavy atom. The van der Waals surface area contributed by atoms with Gasteiger partial charge >= 0.3 is 0 Å². The molecule has 0 unspecified atom stereocenters. The van der Waals surface area contributed by atoms with Gasteiger partial charge in [0.15, 0.2) is 0 Å². The topological polar surface area (TPSA) is 49.3 Å². The van der Waals surface area contributed by atoms with E-state index in [-0.39, 0.29) is 11.8 Å². The van der Waals surface area contributed by atoms with Gasteiger partial charge in [-0.05, 0) is 24.0 Å². The van der Waals surface area contributed by atoms with Gasteiger partial charge in [0.05, 0.1) is 0 Å². The lowest BCUT2D eigenvalue weighted by Crippen LogP contribution is -2.49. The molecule has 1 saturated carbocycles. The molecule has 2 fully saturated rings. The highest BCUT2D eigenvalue weighted by atomic mass is 32.1. The summed E-state index contributed by atoms with van der Waals surface area (Å²) in [4.78, 5) is 17.6. The maximum atomic E-state index is 13.3. The second kappa shape index (κ2) is 10.5. The molecular weight excluding hydrogens is 428 g/mol. The molecule has 2 aliphatic rings. The maximum absolute atomic E-state index is 13.3. The second-order valence-corrected chi connectivity index (χ2v) is 10.2. The molecule has 6 heteroatoms. The smallest absolute Gasteiger partial charge is 0.223 e. The number of amides is 1. The van der Waals surface area contributed by atoms with E-state index in [4.69, 9.17) is 0 Å². The number of carbonyl (C=O) groups is 1. The molecule has 0 radical (unpaired) electrons. The van der Waals surface area contributed by atoms with E-state index >= 15 is 0 Å². The van der Waals surface area contributed by atoms with Crippen LogP contribution in [0.2, 0.25) is 0 Å². The van der Waals surface area contributed by atoms with Gasteiger partial charge < -0.3 is 9.80 Å².